The number of carbonyl (C=O) groups is 1. The smallest absolute Gasteiger partial charge is 0.407 e. The topological polar surface area (TPSA) is 71.5 Å². The first kappa shape index (κ1) is 17.2. The van der Waals surface area contributed by atoms with E-state index in [4.69, 9.17) is 16.3 Å². The maximum absolute atomic E-state index is 11.7. The second-order valence-electron chi connectivity index (χ2n) is 5.16. The lowest BCUT2D eigenvalue weighted by Crippen LogP contribution is -2.32. The maximum atomic E-state index is 11.7. The summed E-state index contributed by atoms with van der Waals surface area (Å²) in [6, 6.07) is 11.2. The molecule has 0 saturated carbocycles. The van der Waals surface area contributed by atoms with Crippen LogP contribution in [0.1, 0.15) is 11.1 Å². The Kier molecular flexibility index (Phi) is 6.84. The van der Waals surface area contributed by atoms with E-state index in [0.717, 1.165) is 11.1 Å². The average molecular weight is 335 g/mol. The molecule has 23 heavy (non-hydrogen) atoms. The number of carbonyl (C=O) groups excluding carboxylic acids is 1. The van der Waals surface area contributed by atoms with Gasteiger partial charge in [-0.1, -0.05) is 41.9 Å². The molecule has 1 atom stereocenters. The molecule has 2 aromatic rings. The normalized spacial score (nSPS) is 11.7. The third-order valence-corrected chi connectivity index (χ3v) is 3.71. The van der Waals surface area contributed by atoms with Crippen molar-refractivity contribution in [3.63, 3.8) is 0 Å². The monoisotopic (exact) mass is 334 g/mol. The fourth-order valence-corrected chi connectivity index (χ4v) is 2.28. The summed E-state index contributed by atoms with van der Waals surface area (Å²) in [6.45, 7) is 0.465. The van der Waals surface area contributed by atoms with Gasteiger partial charge in [0, 0.05) is 31.5 Å². The van der Waals surface area contributed by atoms with Crippen LogP contribution in [0.4, 0.5) is 4.79 Å². The molecule has 1 heterocycles. The van der Waals surface area contributed by atoms with Gasteiger partial charge in [-0.05, 0) is 23.6 Å². The quantitative estimate of drug-likeness (QED) is 0.816. The predicted molar refractivity (Wildman–Crippen MR) is 88.2 cm³/mol. The molecule has 0 aliphatic heterocycles. The van der Waals surface area contributed by atoms with E-state index in [0.29, 0.717) is 18.0 Å². The van der Waals surface area contributed by atoms with Gasteiger partial charge in [-0.3, -0.25) is 4.98 Å². The van der Waals surface area contributed by atoms with E-state index >= 15 is 0 Å². The molecule has 0 saturated heterocycles. The Morgan fingerprint density at radius 1 is 1.30 bits per heavy atom. The van der Waals surface area contributed by atoms with E-state index in [-0.39, 0.29) is 19.1 Å². The highest BCUT2D eigenvalue weighted by molar-refractivity contribution is 6.31. The van der Waals surface area contributed by atoms with Gasteiger partial charge in [-0.15, -0.1) is 0 Å². The number of alkyl carbamates (subject to hydrolysis) is 1. The number of ether oxygens (including phenoxy) is 1. The standard InChI is InChI=1S/C17H19ClN2O3/c18-16-10-19-7-6-15(16)8-14(11-21)9-20-17(22)23-12-13-4-2-1-3-5-13/h1-7,10,14,21H,8-9,11-12H2,(H,20,22). The number of aliphatic hydroxyl groups is 1. The van der Waals surface area contributed by atoms with Crippen molar-refractivity contribution in [1.29, 1.82) is 0 Å². The largest absolute Gasteiger partial charge is 0.445 e. The number of amides is 1. The van der Waals surface area contributed by atoms with Crippen molar-refractivity contribution >= 4 is 17.7 Å². The van der Waals surface area contributed by atoms with Crippen LogP contribution in [0.2, 0.25) is 5.02 Å². The fraction of sp³-hybridized carbons (Fsp3) is 0.294. The van der Waals surface area contributed by atoms with E-state index in [1.54, 1.807) is 18.5 Å². The van der Waals surface area contributed by atoms with Gasteiger partial charge < -0.3 is 15.2 Å². The minimum absolute atomic E-state index is 0.0579. The minimum Gasteiger partial charge on any atom is -0.445 e. The van der Waals surface area contributed by atoms with E-state index in [9.17, 15) is 9.90 Å². The van der Waals surface area contributed by atoms with Gasteiger partial charge in [0.1, 0.15) is 6.61 Å². The number of aromatic nitrogens is 1. The highest BCUT2D eigenvalue weighted by Crippen LogP contribution is 2.17. The summed E-state index contributed by atoms with van der Waals surface area (Å²) < 4.78 is 5.13. The highest BCUT2D eigenvalue weighted by atomic mass is 35.5. The molecular formula is C17H19ClN2O3. The second kappa shape index (κ2) is 9.12. The van der Waals surface area contributed by atoms with Crippen molar-refractivity contribution in [2.45, 2.75) is 13.0 Å². The molecule has 122 valence electrons. The van der Waals surface area contributed by atoms with Crippen LogP contribution < -0.4 is 5.32 Å². The molecular weight excluding hydrogens is 316 g/mol. The summed E-state index contributed by atoms with van der Waals surface area (Å²) in [6.07, 6.45) is 3.26. The molecule has 1 aromatic carbocycles. The van der Waals surface area contributed by atoms with Gasteiger partial charge in [0.15, 0.2) is 0 Å². The Morgan fingerprint density at radius 3 is 2.78 bits per heavy atom. The maximum Gasteiger partial charge on any atom is 0.407 e. The number of aliphatic hydroxyl groups excluding tert-OH is 1. The van der Waals surface area contributed by atoms with Crippen LogP contribution in [0.25, 0.3) is 0 Å². The molecule has 0 spiro atoms. The molecule has 5 nitrogen and oxygen atoms in total. The first-order valence-corrected chi connectivity index (χ1v) is 7.70. The summed E-state index contributed by atoms with van der Waals surface area (Å²) in [5.74, 6) is -0.140. The van der Waals surface area contributed by atoms with Crippen molar-refractivity contribution < 1.29 is 14.6 Å². The Bertz CT molecular complexity index is 622. The summed E-state index contributed by atoms with van der Waals surface area (Å²) in [4.78, 5) is 15.6. The molecule has 2 rings (SSSR count). The molecule has 1 aromatic heterocycles. The zero-order valence-electron chi connectivity index (χ0n) is 12.6. The first-order valence-electron chi connectivity index (χ1n) is 7.33. The van der Waals surface area contributed by atoms with Gasteiger partial charge >= 0.3 is 6.09 Å². The van der Waals surface area contributed by atoms with Crippen LogP contribution in [0.5, 0.6) is 0 Å². The Labute approximate surface area is 140 Å². The van der Waals surface area contributed by atoms with Crippen LogP contribution in [0, 0.1) is 5.92 Å². The average Bonchev–Trinajstić information content (AvgIpc) is 2.59. The third-order valence-electron chi connectivity index (χ3n) is 3.37. The van der Waals surface area contributed by atoms with Gasteiger partial charge in [0.05, 0.1) is 5.02 Å². The molecule has 0 aliphatic rings. The van der Waals surface area contributed by atoms with Crippen LogP contribution >= 0.6 is 11.6 Å². The molecule has 2 N–H and O–H groups in total. The first-order chi connectivity index (χ1) is 11.2. The lowest BCUT2D eigenvalue weighted by Gasteiger charge is -2.15. The zero-order chi connectivity index (χ0) is 16.5. The van der Waals surface area contributed by atoms with Crippen LogP contribution in [0.15, 0.2) is 48.8 Å². The summed E-state index contributed by atoms with van der Waals surface area (Å²) in [5, 5.41) is 12.7. The van der Waals surface area contributed by atoms with Crippen molar-refractivity contribution in [2.24, 2.45) is 5.92 Å². The lowest BCUT2D eigenvalue weighted by molar-refractivity contribution is 0.135. The molecule has 0 bridgehead atoms. The van der Waals surface area contributed by atoms with Gasteiger partial charge in [0.2, 0.25) is 0 Å². The van der Waals surface area contributed by atoms with Crippen LogP contribution in [-0.2, 0) is 17.8 Å². The molecule has 1 unspecified atom stereocenters. The number of nitrogens with one attached hydrogen (secondary N) is 1. The number of nitrogens with zero attached hydrogens (tertiary/aromatic N) is 1. The number of benzene rings is 1. The molecule has 1 amide bonds. The Morgan fingerprint density at radius 2 is 2.09 bits per heavy atom. The van der Waals surface area contributed by atoms with E-state index in [2.05, 4.69) is 10.3 Å². The highest BCUT2D eigenvalue weighted by Gasteiger charge is 2.13. The zero-order valence-corrected chi connectivity index (χ0v) is 13.4. The van der Waals surface area contributed by atoms with Crippen molar-refractivity contribution in [3.05, 3.63) is 64.9 Å². The van der Waals surface area contributed by atoms with Gasteiger partial charge in [-0.25, -0.2) is 4.79 Å². The predicted octanol–water partition coefficient (Wildman–Crippen LogP) is 2.81. The summed E-state index contributed by atoms with van der Waals surface area (Å²) in [7, 11) is 0. The van der Waals surface area contributed by atoms with Crippen molar-refractivity contribution in [1.82, 2.24) is 10.3 Å². The molecule has 0 aliphatic carbocycles. The summed E-state index contributed by atoms with van der Waals surface area (Å²) in [5.41, 5.74) is 1.81. The second-order valence-corrected chi connectivity index (χ2v) is 5.57. The fourth-order valence-electron chi connectivity index (χ4n) is 2.08. The van der Waals surface area contributed by atoms with Crippen LogP contribution in [0.3, 0.4) is 0 Å². The van der Waals surface area contributed by atoms with E-state index < -0.39 is 6.09 Å². The Hall–Kier alpha value is -2.11. The minimum atomic E-state index is -0.506. The number of halogens is 1. The van der Waals surface area contributed by atoms with Gasteiger partial charge in [0.25, 0.3) is 0 Å². The number of rotatable bonds is 7. The number of hydrogen-bond donors (Lipinski definition) is 2. The van der Waals surface area contributed by atoms with Crippen molar-refractivity contribution in [3.8, 4) is 0 Å². The number of pyridine rings is 1. The summed E-state index contributed by atoms with van der Waals surface area (Å²) >= 11 is 6.05. The van der Waals surface area contributed by atoms with E-state index in [1.807, 2.05) is 30.3 Å². The Balaban J connectivity index is 1.76. The van der Waals surface area contributed by atoms with E-state index in [1.165, 1.54) is 0 Å². The van der Waals surface area contributed by atoms with Gasteiger partial charge in [-0.2, -0.15) is 0 Å². The molecule has 6 heteroatoms. The third kappa shape index (κ3) is 5.88. The van der Waals surface area contributed by atoms with Crippen LogP contribution in [-0.4, -0.2) is 29.3 Å². The SMILES string of the molecule is O=C(NCC(CO)Cc1ccncc1Cl)OCc1ccccc1. The molecule has 0 radical (unpaired) electrons. The lowest BCUT2D eigenvalue weighted by atomic mass is 10.0. The number of hydrogen-bond acceptors (Lipinski definition) is 4. The van der Waals surface area contributed by atoms with Crippen molar-refractivity contribution in [2.75, 3.05) is 13.2 Å². The molecule has 0 fully saturated rings.